The van der Waals surface area contributed by atoms with Crippen LogP contribution in [0.25, 0.3) is 17.3 Å². The maximum atomic E-state index is 5.47. The quantitative estimate of drug-likeness (QED) is 0.568. The number of benzene rings is 1. The highest BCUT2D eigenvalue weighted by Gasteiger charge is 2.13. The fourth-order valence-electron chi connectivity index (χ4n) is 3.24. The van der Waals surface area contributed by atoms with Crippen molar-refractivity contribution in [1.82, 2.24) is 14.6 Å². The molecule has 0 fully saturated rings. The van der Waals surface area contributed by atoms with Gasteiger partial charge in [-0.15, -0.1) is 0 Å². The second kappa shape index (κ2) is 8.78. The van der Waals surface area contributed by atoms with Gasteiger partial charge in [-0.05, 0) is 55.2 Å². The van der Waals surface area contributed by atoms with E-state index in [0.717, 1.165) is 47.4 Å². The molecule has 3 aromatic rings. The highest BCUT2D eigenvalue weighted by molar-refractivity contribution is 5.81. The van der Waals surface area contributed by atoms with Gasteiger partial charge >= 0.3 is 0 Å². The number of unbranched alkanes of at least 4 members (excludes halogenated alkanes) is 1. The van der Waals surface area contributed by atoms with Gasteiger partial charge in [0.15, 0.2) is 17.1 Å². The van der Waals surface area contributed by atoms with Crippen molar-refractivity contribution in [3.63, 3.8) is 0 Å². The van der Waals surface area contributed by atoms with Crippen LogP contribution in [0.15, 0.2) is 30.5 Å². The number of nitrogens with zero attached hydrogens (tertiary/aromatic N) is 3. The molecule has 28 heavy (non-hydrogen) atoms. The Labute approximate surface area is 165 Å². The van der Waals surface area contributed by atoms with Gasteiger partial charge in [0.2, 0.25) is 5.75 Å². The first-order valence-corrected chi connectivity index (χ1v) is 9.43. The first-order chi connectivity index (χ1) is 13.6. The minimum absolute atomic E-state index is 0.583. The Hall–Kier alpha value is -3.02. The molecule has 3 rings (SSSR count). The number of rotatable bonds is 8. The number of ether oxygens (including phenoxy) is 3. The van der Waals surface area contributed by atoms with Crippen molar-refractivity contribution in [1.29, 1.82) is 0 Å². The lowest BCUT2D eigenvalue weighted by molar-refractivity contribution is 0.324. The molecule has 0 aliphatic carbocycles. The topological polar surface area (TPSA) is 57.9 Å². The monoisotopic (exact) mass is 381 g/mol. The van der Waals surface area contributed by atoms with Gasteiger partial charge in [-0.25, -0.2) is 9.50 Å². The van der Waals surface area contributed by atoms with E-state index >= 15 is 0 Å². The number of fused-ring (bicyclic) bond motifs is 1. The molecule has 2 heterocycles. The van der Waals surface area contributed by atoms with Crippen LogP contribution in [0.4, 0.5) is 0 Å². The van der Waals surface area contributed by atoms with Crippen LogP contribution in [-0.2, 0) is 6.42 Å². The minimum atomic E-state index is 0.583. The minimum Gasteiger partial charge on any atom is -0.493 e. The number of aromatic nitrogens is 3. The molecule has 0 unspecified atom stereocenters. The van der Waals surface area contributed by atoms with Crippen molar-refractivity contribution in [2.24, 2.45) is 0 Å². The molecule has 0 saturated heterocycles. The Kier molecular flexibility index (Phi) is 6.19. The van der Waals surface area contributed by atoms with E-state index in [0.29, 0.717) is 17.2 Å². The van der Waals surface area contributed by atoms with Crippen molar-refractivity contribution < 1.29 is 14.2 Å². The van der Waals surface area contributed by atoms with Gasteiger partial charge < -0.3 is 14.2 Å². The van der Waals surface area contributed by atoms with E-state index in [4.69, 9.17) is 19.2 Å². The molecule has 6 heteroatoms. The lowest BCUT2D eigenvalue weighted by Gasteiger charge is -2.13. The van der Waals surface area contributed by atoms with Crippen molar-refractivity contribution in [3.05, 3.63) is 47.4 Å². The summed E-state index contributed by atoms with van der Waals surface area (Å²) in [6, 6.07) is 7.93. The second-order valence-corrected chi connectivity index (χ2v) is 6.62. The lowest BCUT2D eigenvalue weighted by Crippen LogP contribution is -2.02. The molecule has 0 N–H and O–H groups in total. The number of aryl methyl sites for hydroxylation is 1. The third-order valence-electron chi connectivity index (χ3n) is 4.67. The van der Waals surface area contributed by atoms with Gasteiger partial charge in [-0.1, -0.05) is 13.3 Å². The average molecular weight is 381 g/mol. The molecule has 0 bridgehead atoms. The summed E-state index contributed by atoms with van der Waals surface area (Å²) in [6.07, 6.45) is 7.09. The van der Waals surface area contributed by atoms with E-state index in [1.165, 1.54) is 0 Å². The first kappa shape index (κ1) is 19.7. The smallest absolute Gasteiger partial charge is 0.203 e. The van der Waals surface area contributed by atoms with E-state index in [9.17, 15) is 0 Å². The number of methoxy groups -OCH3 is 3. The summed E-state index contributed by atoms with van der Waals surface area (Å²) < 4.78 is 18.2. The van der Waals surface area contributed by atoms with E-state index < -0.39 is 0 Å². The lowest BCUT2D eigenvalue weighted by atomic mass is 10.1. The summed E-state index contributed by atoms with van der Waals surface area (Å²) in [6.45, 7) is 4.26. The standard InChI is InChI=1S/C22H27N3O3/c1-6-7-8-17-14-18(25-21(24-17)9-10-23-25)15(2)11-16-12-19(26-3)22(28-5)20(13-16)27-4/h9-14H,6-8H2,1-5H3/b15-11+. The highest BCUT2D eigenvalue weighted by Crippen LogP contribution is 2.39. The Morgan fingerprint density at radius 1 is 1.07 bits per heavy atom. The Balaban J connectivity index is 2.07. The van der Waals surface area contributed by atoms with Gasteiger partial charge in [0.25, 0.3) is 0 Å². The van der Waals surface area contributed by atoms with Crippen LogP contribution in [0.5, 0.6) is 17.2 Å². The first-order valence-electron chi connectivity index (χ1n) is 9.43. The fourth-order valence-corrected chi connectivity index (χ4v) is 3.24. The zero-order valence-corrected chi connectivity index (χ0v) is 17.2. The second-order valence-electron chi connectivity index (χ2n) is 6.62. The molecule has 0 atom stereocenters. The summed E-state index contributed by atoms with van der Waals surface area (Å²) in [4.78, 5) is 4.72. The number of hydrogen-bond donors (Lipinski definition) is 0. The fraction of sp³-hybridized carbons (Fsp3) is 0.364. The molecule has 0 aliphatic heterocycles. The molecular weight excluding hydrogens is 354 g/mol. The number of allylic oxidation sites excluding steroid dienone is 1. The summed E-state index contributed by atoms with van der Waals surface area (Å²) in [5.74, 6) is 1.84. The van der Waals surface area contributed by atoms with Crippen molar-refractivity contribution in [2.75, 3.05) is 21.3 Å². The molecule has 0 radical (unpaired) electrons. The van der Waals surface area contributed by atoms with Crippen LogP contribution in [-0.4, -0.2) is 35.9 Å². The van der Waals surface area contributed by atoms with Crippen LogP contribution in [0, 0.1) is 0 Å². The van der Waals surface area contributed by atoms with E-state index in [-0.39, 0.29) is 0 Å². The van der Waals surface area contributed by atoms with Crippen molar-refractivity contribution >= 4 is 17.3 Å². The zero-order valence-electron chi connectivity index (χ0n) is 17.2. The van der Waals surface area contributed by atoms with Crippen molar-refractivity contribution in [2.45, 2.75) is 33.1 Å². The van der Waals surface area contributed by atoms with Crippen LogP contribution in [0.2, 0.25) is 0 Å². The van der Waals surface area contributed by atoms with Gasteiger partial charge in [-0.3, -0.25) is 0 Å². The molecule has 6 nitrogen and oxygen atoms in total. The highest BCUT2D eigenvalue weighted by atomic mass is 16.5. The predicted octanol–water partition coefficient (Wildman–Crippen LogP) is 4.66. The van der Waals surface area contributed by atoms with E-state index in [2.05, 4.69) is 31.1 Å². The number of hydrogen-bond acceptors (Lipinski definition) is 5. The summed E-state index contributed by atoms with van der Waals surface area (Å²) >= 11 is 0. The normalized spacial score (nSPS) is 11.7. The van der Waals surface area contributed by atoms with Crippen LogP contribution in [0.1, 0.15) is 43.6 Å². The summed E-state index contributed by atoms with van der Waals surface area (Å²) in [5, 5.41) is 4.44. The molecule has 1 aromatic carbocycles. The average Bonchev–Trinajstić information content (AvgIpc) is 3.19. The molecule has 148 valence electrons. The van der Waals surface area contributed by atoms with Gasteiger partial charge in [-0.2, -0.15) is 5.10 Å². The third-order valence-corrected chi connectivity index (χ3v) is 4.67. The third kappa shape index (κ3) is 3.96. The zero-order chi connectivity index (χ0) is 20.1. The molecule has 2 aromatic heterocycles. The Bertz CT molecular complexity index is 967. The van der Waals surface area contributed by atoms with Crippen LogP contribution < -0.4 is 14.2 Å². The summed E-state index contributed by atoms with van der Waals surface area (Å²) in [5.41, 5.74) is 5.00. The molecule has 0 amide bonds. The maximum absolute atomic E-state index is 5.47. The SMILES string of the molecule is CCCCc1cc(/C(C)=C/c2cc(OC)c(OC)c(OC)c2)n2nccc2n1. The molecule has 0 spiro atoms. The largest absolute Gasteiger partial charge is 0.493 e. The van der Waals surface area contributed by atoms with Gasteiger partial charge in [0, 0.05) is 11.8 Å². The van der Waals surface area contributed by atoms with E-state index in [1.807, 2.05) is 22.7 Å². The molecule has 0 aliphatic rings. The maximum Gasteiger partial charge on any atom is 0.203 e. The predicted molar refractivity (Wildman–Crippen MR) is 111 cm³/mol. The van der Waals surface area contributed by atoms with Gasteiger partial charge in [0.1, 0.15) is 0 Å². The summed E-state index contributed by atoms with van der Waals surface area (Å²) in [7, 11) is 4.84. The molecule has 0 saturated carbocycles. The Morgan fingerprint density at radius 3 is 2.39 bits per heavy atom. The Morgan fingerprint density at radius 2 is 1.79 bits per heavy atom. The van der Waals surface area contributed by atoms with E-state index in [1.54, 1.807) is 27.5 Å². The van der Waals surface area contributed by atoms with Crippen LogP contribution >= 0.6 is 0 Å². The molecular formula is C22H27N3O3. The van der Waals surface area contributed by atoms with Crippen LogP contribution in [0.3, 0.4) is 0 Å². The van der Waals surface area contributed by atoms with Gasteiger partial charge in [0.05, 0.1) is 33.2 Å². The van der Waals surface area contributed by atoms with Crippen molar-refractivity contribution in [3.8, 4) is 17.2 Å².